The number of aromatic nitrogens is 2. The van der Waals surface area contributed by atoms with Gasteiger partial charge in [-0.3, -0.25) is 9.98 Å². The molecule has 23 heavy (non-hydrogen) atoms. The maximum Gasteiger partial charge on any atom is 0.160 e. The van der Waals surface area contributed by atoms with Crippen molar-refractivity contribution in [3.8, 4) is 0 Å². The number of nitrogens with zero attached hydrogens (tertiary/aromatic N) is 4. The number of fused-ring (bicyclic) bond motifs is 1. The van der Waals surface area contributed by atoms with Crippen molar-refractivity contribution < 1.29 is 0 Å². The van der Waals surface area contributed by atoms with Crippen LogP contribution in [0.15, 0.2) is 41.5 Å². The molecule has 2 aliphatic rings. The number of hydrogen-bond acceptors (Lipinski definition) is 4. The van der Waals surface area contributed by atoms with Crippen molar-refractivity contribution >= 4 is 16.9 Å². The van der Waals surface area contributed by atoms with Gasteiger partial charge in [0.25, 0.3) is 0 Å². The van der Waals surface area contributed by atoms with Crippen LogP contribution in [0.25, 0.3) is 0 Å². The number of pyridine rings is 1. The average molecular weight is 326 g/mol. The fourth-order valence-electron chi connectivity index (χ4n) is 3.60. The van der Waals surface area contributed by atoms with Gasteiger partial charge in [-0.1, -0.05) is 24.8 Å². The van der Waals surface area contributed by atoms with E-state index in [9.17, 15) is 0 Å². The van der Waals surface area contributed by atoms with Gasteiger partial charge in [0.15, 0.2) is 5.17 Å². The molecule has 5 heteroatoms. The zero-order valence-corrected chi connectivity index (χ0v) is 14.6. The van der Waals surface area contributed by atoms with Crippen LogP contribution < -0.4 is 0 Å². The van der Waals surface area contributed by atoms with E-state index >= 15 is 0 Å². The first-order valence-electron chi connectivity index (χ1n) is 8.22. The third-order valence-electron chi connectivity index (χ3n) is 5.04. The summed E-state index contributed by atoms with van der Waals surface area (Å²) in [6.45, 7) is 4.43. The number of rotatable bonds is 3. The standard InChI is InChI=1S/C18H22N4S/c1-4-13-11-23-18-20-16(14-7-5-6-10-19-14)17(22(13)18)15-9-8-12(2)21(15)3/h5-10,13,16-17H,4,11H2,1-3H3/t13-,16-,17-/m1/s1. The van der Waals surface area contributed by atoms with Gasteiger partial charge < -0.3 is 9.47 Å². The Bertz CT molecular complexity index is 737. The molecular weight excluding hydrogens is 304 g/mol. The van der Waals surface area contributed by atoms with Gasteiger partial charge in [0.1, 0.15) is 6.04 Å². The van der Waals surface area contributed by atoms with E-state index in [1.54, 1.807) is 0 Å². The third kappa shape index (κ3) is 2.29. The first-order valence-corrected chi connectivity index (χ1v) is 9.21. The van der Waals surface area contributed by atoms with E-state index in [1.807, 2.05) is 24.0 Å². The summed E-state index contributed by atoms with van der Waals surface area (Å²) < 4.78 is 2.30. The van der Waals surface area contributed by atoms with Gasteiger partial charge in [-0.2, -0.15) is 0 Å². The molecule has 4 heterocycles. The lowest BCUT2D eigenvalue weighted by Gasteiger charge is -2.32. The number of aryl methyl sites for hydroxylation is 1. The Morgan fingerprint density at radius 3 is 2.78 bits per heavy atom. The van der Waals surface area contributed by atoms with E-state index in [1.165, 1.54) is 16.6 Å². The molecule has 0 aromatic carbocycles. The molecule has 0 spiro atoms. The highest BCUT2D eigenvalue weighted by molar-refractivity contribution is 8.14. The number of amidine groups is 1. The van der Waals surface area contributed by atoms with Crippen LogP contribution >= 0.6 is 11.8 Å². The molecule has 2 aromatic heterocycles. The summed E-state index contributed by atoms with van der Waals surface area (Å²) in [6.07, 6.45) is 3.03. The third-order valence-corrected chi connectivity index (χ3v) is 6.17. The highest BCUT2D eigenvalue weighted by atomic mass is 32.2. The molecule has 0 amide bonds. The van der Waals surface area contributed by atoms with Gasteiger partial charge >= 0.3 is 0 Å². The van der Waals surface area contributed by atoms with Crippen LogP contribution in [0.5, 0.6) is 0 Å². The number of thioether (sulfide) groups is 1. The predicted molar refractivity (Wildman–Crippen MR) is 95.7 cm³/mol. The largest absolute Gasteiger partial charge is 0.350 e. The molecular formula is C18H22N4S. The second-order valence-corrected chi connectivity index (χ2v) is 7.28. The van der Waals surface area contributed by atoms with Crippen molar-refractivity contribution in [1.82, 2.24) is 14.5 Å². The highest BCUT2D eigenvalue weighted by Crippen LogP contribution is 2.48. The monoisotopic (exact) mass is 326 g/mol. The van der Waals surface area contributed by atoms with Crippen molar-refractivity contribution in [2.45, 2.75) is 38.4 Å². The van der Waals surface area contributed by atoms with Crippen molar-refractivity contribution in [2.75, 3.05) is 5.75 Å². The Kier molecular flexibility index (Phi) is 3.68. The topological polar surface area (TPSA) is 33.4 Å². The van der Waals surface area contributed by atoms with E-state index in [4.69, 9.17) is 4.99 Å². The smallest absolute Gasteiger partial charge is 0.160 e. The quantitative estimate of drug-likeness (QED) is 0.862. The van der Waals surface area contributed by atoms with Crippen molar-refractivity contribution in [2.24, 2.45) is 12.0 Å². The summed E-state index contributed by atoms with van der Waals surface area (Å²) in [5, 5.41) is 1.19. The van der Waals surface area contributed by atoms with Crippen LogP contribution in [0.4, 0.5) is 0 Å². The van der Waals surface area contributed by atoms with Crippen LogP contribution in [0.3, 0.4) is 0 Å². The van der Waals surface area contributed by atoms with Crippen LogP contribution in [-0.2, 0) is 7.05 Å². The Hall–Kier alpha value is -1.75. The fraction of sp³-hybridized carbons (Fsp3) is 0.444. The molecule has 2 aromatic rings. The molecule has 1 saturated heterocycles. The average Bonchev–Trinajstić information content (AvgIpc) is 3.23. The normalized spacial score (nSPS) is 26.5. The molecule has 3 atom stereocenters. The fourth-order valence-corrected chi connectivity index (χ4v) is 4.94. The van der Waals surface area contributed by atoms with Gasteiger partial charge in [-0.15, -0.1) is 0 Å². The number of hydrogen-bond donors (Lipinski definition) is 0. The highest BCUT2D eigenvalue weighted by Gasteiger charge is 2.46. The molecule has 4 nitrogen and oxygen atoms in total. The van der Waals surface area contributed by atoms with Crippen LogP contribution in [0, 0.1) is 6.92 Å². The van der Waals surface area contributed by atoms with Gasteiger partial charge in [-0.25, -0.2) is 0 Å². The van der Waals surface area contributed by atoms with Gasteiger partial charge in [0.05, 0.1) is 11.7 Å². The summed E-state index contributed by atoms with van der Waals surface area (Å²) in [7, 11) is 2.16. The minimum Gasteiger partial charge on any atom is -0.350 e. The number of aliphatic imine (C=N–C) groups is 1. The lowest BCUT2D eigenvalue weighted by molar-refractivity contribution is 0.247. The molecule has 120 valence electrons. The van der Waals surface area contributed by atoms with Crippen LogP contribution in [0.1, 0.15) is 42.5 Å². The maximum atomic E-state index is 5.06. The van der Waals surface area contributed by atoms with E-state index in [-0.39, 0.29) is 12.1 Å². The predicted octanol–water partition coefficient (Wildman–Crippen LogP) is 3.71. The molecule has 4 rings (SSSR count). The summed E-state index contributed by atoms with van der Waals surface area (Å²) in [5.74, 6) is 1.14. The van der Waals surface area contributed by atoms with E-state index < -0.39 is 0 Å². The minimum atomic E-state index is 0.0843. The van der Waals surface area contributed by atoms with Crippen molar-refractivity contribution in [1.29, 1.82) is 0 Å². The molecule has 0 unspecified atom stereocenters. The Labute approximate surface area is 141 Å². The van der Waals surface area contributed by atoms with E-state index in [0.29, 0.717) is 6.04 Å². The van der Waals surface area contributed by atoms with Crippen LogP contribution in [0.2, 0.25) is 0 Å². The first-order chi connectivity index (χ1) is 11.2. The summed E-state index contributed by atoms with van der Waals surface area (Å²) in [5.41, 5.74) is 3.68. The summed E-state index contributed by atoms with van der Waals surface area (Å²) >= 11 is 1.89. The molecule has 2 aliphatic heterocycles. The second-order valence-electron chi connectivity index (χ2n) is 6.29. The van der Waals surface area contributed by atoms with E-state index in [0.717, 1.165) is 17.9 Å². The minimum absolute atomic E-state index is 0.0843. The Balaban J connectivity index is 1.82. The lowest BCUT2D eigenvalue weighted by Crippen LogP contribution is -2.36. The zero-order chi connectivity index (χ0) is 16.0. The van der Waals surface area contributed by atoms with Crippen molar-refractivity contribution in [3.05, 3.63) is 53.6 Å². The van der Waals surface area contributed by atoms with Gasteiger partial charge in [-0.05, 0) is 37.6 Å². The molecule has 0 bridgehead atoms. The summed E-state index contributed by atoms with van der Waals surface area (Å²) in [4.78, 5) is 12.2. The Morgan fingerprint density at radius 1 is 1.26 bits per heavy atom. The molecule has 1 fully saturated rings. The lowest BCUT2D eigenvalue weighted by atomic mass is 9.99. The van der Waals surface area contributed by atoms with Crippen LogP contribution in [-0.4, -0.2) is 31.4 Å². The van der Waals surface area contributed by atoms with Gasteiger partial charge in [0.2, 0.25) is 0 Å². The summed E-state index contributed by atoms with van der Waals surface area (Å²) in [6, 6.07) is 11.5. The molecule has 0 saturated carbocycles. The zero-order valence-electron chi connectivity index (χ0n) is 13.8. The molecule has 0 N–H and O–H groups in total. The van der Waals surface area contributed by atoms with E-state index in [2.05, 4.69) is 59.6 Å². The second kappa shape index (κ2) is 5.71. The first kappa shape index (κ1) is 14.8. The Morgan fingerprint density at radius 2 is 2.13 bits per heavy atom. The molecule has 0 radical (unpaired) electrons. The van der Waals surface area contributed by atoms with Gasteiger partial charge in [0, 0.05) is 36.4 Å². The molecule has 0 aliphatic carbocycles. The SMILES string of the molecule is CC[C@@H]1CSC2=N[C@H](c3ccccn3)[C@@H](c3ccc(C)n3C)N21. The van der Waals surface area contributed by atoms with Crippen molar-refractivity contribution in [3.63, 3.8) is 0 Å². The maximum absolute atomic E-state index is 5.06.